The van der Waals surface area contributed by atoms with Gasteiger partial charge in [0.15, 0.2) is 11.5 Å². The van der Waals surface area contributed by atoms with Crippen molar-refractivity contribution in [2.75, 3.05) is 26.3 Å². The second-order valence-corrected chi connectivity index (χ2v) is 8.31. The molecule has 0 spiro atoms. The zero-order chi connectivity index (χ0) is 19.6. The second kappa shape index (κ2) is 7.61. The molecule has 1 unspecified atom stereocenters. The van der Waals surface area contributed by atoms with Gasteiger partial charge in [0.1, 0.15) is 12.2 Å². The average molecular weight is 402 g/mol. The van der Waals surface area contributed by atoms with E-state index in [1.54, 1.807) is 6.07 Å². The van der Waals surface area contributed by atoms with Crippen LogP contribution in [0.15, 0.2) is 35.5 Å². The molecular formula is C18H18N4O5S. The highest BCUT2D eigenvalue weighted by molar-refractivity contribution is 7.89. The number of hydrogen-bond donors (Lipinski definition) is 0. The summed E-state index contributed by atoms with van der Waals surface area (Å²) >= 11 is 0. The minimum absolute atomic E-state index is 0.0757. The molecule has 9 nitrogen and oxygen atoms in total. The van der Waals surface area contributed by atoms with Gasteiger partial charge in [0, 0.05) is 31.4 Å². The third-order valence-electron chi connectivity index (χ3n) is 4.51. The van der Waals surface area contributed by atoms with Crippen LogP contribution in [-0.4, -0.2) is 55.1 Å². The van der Waals surface area contributed by atoms with E-state index >= 15 is 0 Å². The molecular weight excluding hydrogens is 384 g/mol. The van der Waals surface area contributed by atoms with Crippen LogP contribution >= 0.6 is 0 Å². The molecule has 0 aliphatic carbocycles. The molecule has 28 heavy (non-hydrogen) atoms. The molecule has 4 rings (SSSR count). The molecule has 146 valence electrons. The predicted octanol–water partition coefficient (Wildman–Crippen LogP) is 1.35. The summed E-state index contributed by atoms with van der Waals surface area (Å²) in [5.74, 6) is 1.10. The maximum atomic E-state index is 13.0. The van der Waals surface area contributed by atoms with E-state index in [-0.39, 0.29) is 23.0 Å². The van der Waals surface area contributed by atoms with E-state index < -0.39 is 16.1 Å². The Balaban J connectivity index is 1.50. The van der Waals surface area contributed by atoms with Gasteiger partial charge in [0.25, 0.3) is 5.88 Å². The van der Waals surface area contributed by atoms with Crippen LogP contribution in [0.25, 0.3) is 0 Å². The minimum Gasteiger partial charge on any atom is -0.490 e. The Kier molecular flexibility index (Phi) is 5.02. The molecule has 2 aliphatic heterocycles. The number of hydrogen-bond acceptors (Lipinski definition) is 8. The quantitative estimate of drug-likeness (QED) is 0.753. The van der Waals surface area contributed by atoms with Crippen LogP contribution in [0, 0.1) is 11.3 Å². The SMILES string of the molecule is N#Cc1nccnc1OC1CCN(S(=O)(=O)c2ccc3c(c2)OCCCO3)C1. The number of nitriles is 1. The van der Waals surface area contributed by atoms with Crippen molar-refractivity contribution in [3.63, 3.8) is 0 Å². The molecule has 0 amide bonds. The van der Waals surface area contributed by atoms with Crippen molar-refractivity contribution in [1.82, 2.24) is 14.3 Å². The summed E-state index contributed by atoms with van der Waals surface area (Å²) in [7, 11) is -3.71. The summed E-state index contributed by atoms with van der Waals surface area (Å²) in [6, 6.07) is 6.56. The molecule has 10 heteroatoms. The van der Waals surface area contributed by atoms with E-state index in [1.807, 2.05) is 6.07 Å². The van der Waals surface area contributed by atoms with E-state index in [0.717, 1.165) is 6.42 Å². The molecule has 1 aromatic carbocycles. The fraction of sp³-hybridized carbons (Fsp3) is 0.389. The van der Waals surface area contributed by atoms with Crippen LogP contribution in [0.2, 0.25) is 0 Å². The van der Waals surface area contributed by atoms with Crippen LogP contribution in [0.4, 0.5) is 0 Å². The Morgan fingerprint density at radius 3 is 2.79 bits per heavy atom. The van der Waals surface area contributed by atoms with Crippen LogP contribution in [0.3, 0.4) is 0 Å². The van der Waals surface area contributed by atoms with Gasteiger partial charge in [-0.2, -0.15) is 9.57 Å². The number of nitrogens with zero attached hydrogens (tertiary/aromatic N) is 4. The topological polar surface area (TPSA) is 115 Å². The largest absolute Gasteiger partial charge is 0.490 e. The smallest absolute Gasteiger partial charge is 0.251 e. The number of benzene rings is 1. The molecule has 2 aromatic rings. The zero-order valence-electron chi connectivity index (χ0n) is 14.9. The summed E-state index contributed by atoms with van der Waals surface area (Å²) < 4.78 is 44.3. The van der Waals surface area contributed by atoms with Crippen molar-refractivity contribution in [2.45, 2.75) is 23.8 Å². The lowest BCUT2D eigenvalue weighted by Crippen LogP contribution is -2.31. The Bertz CT molecular complexity index is 1020. The average Bonchev–Trinajstić information content (AvgIpc) is 3.05. The van der Waals surface area contributed by atoms with Gasteiger partial charge in [-0.05, 0) is 18.6 Å². The standard InChI is InChI=1S/C18H18N4O5S/c19-11-15-18(21-6-5-20-15)27-13-4-7-22(12-13)28(23,24)14-2-3-16-17(10-14)26-9-1-8-25-16/h2-3,5-6,10,13H,1,4,7-9,12H2. The van der Waals surface area contributed by atoms with Gasteiger partial charge in [-0.3, -0.25) is 0 Å². The summed E-state index contributed by atoms with van der Waals surface area (Å²) in [6.07, 6.45) is 3.66. The van der Waals surface area contributed by atoms with Crippen molar-refractivity contribution in [3.8, 4) is 23.4 Å². The Hall–Kier alpha value is -2.90. The second-order valence-electron chi connectivity index (χ2n) is 6.37. The lowest BCUT2D eigenvalue weighted by atomic mass is 10.3. The monoisotopic (exact) mass is 402 g/mol. The first kappa shape index (κ1) is 18.5. The van der Waals surface area contributed by atoms with Gasteiger partial charge in [-0.15, -0.1) is 0 Å². The number of sulfonamides is 1. The van der Waals surface area contributed by atoms with E-state index in [1.165, 1.54) is 28.8 Å². The molecule has 2 aliphatic rings. The van der Waals surface area contributed by atoms with Gasteiger partial charge in [0.05, 0.1) is 24.7 Å². The first-order valence-corrected chi connectivity index (χ1v) is 10.3. The maximum Gasteiger partial charge on any atom is 0.251 e. The number of rotatable bonds is 4. The summed E-state index contributed by atoms with van der Waals surface area (Å²) in [5.41, 5.74) is 0.0757. The fourth-order valence-corrected chi connectivity index (χ4v) is 4.61. The lowest BCUT2D eigenvalue weighted by Gasteiger charge is -2.18. The molecule has 0 radical (unpaired) electrons. The molecule has 1 saturated heterocycles. The summed E-state index contributed by atoms with van der Waals surface area (Å²) in [5, 5.41) is 9.08. The predicted molar refractivity (Wildman–Crippen MR) is 96.6 cm³/mol. The van der Waals surface area contributed by atoms with Crippen molar-refractivity contribution in [3.05, 3.63) is 36.3 Å². The van der Waals surface area contributed by atoms with Gasteiger partial charge < -0.3 is 14.2 Å². The number of ether oxygens (including phenoxy) is 3. The normalized spacial score (nSPS) is 19.6. The van der Waals surface area contributed by atoms with E-state index in [2.05, 4.69) is 9.97 Å². The van der Waals surface area contributed by atoms with Gasteiger partial charge in [-0.25, -0.2) is 18.4 Å². The van der Waals surface area contributed by atoms with Crippen molar-refractivity contribution >= 4 is 10.0 Å². The van der Waals surface area contributed by atoms with E-state index in [9.17, 15) is 8.42 Å². The van der Waals surface area contributed by atoms with Crippen molar-refractivity contribution < 1.29 is 22.6 Å². The van der Waals surface area contributed by atoms with Crippen LogP contribution in [-0.2, 0) is 10.0 Å². The first-order chi connectivity index (χ1) is 13.6. The maximum absolute atomic E-state index is 13.0. The minimum atomic E-state index is -3.71. The first-order valence-electron chi connectivity index (χ1n) is 8.85. The van der Waals surface area contributed by atoms with Crippen LogP contribution in [0.1, 0.15) is 18.5 Å². The highest BCUT2D eigenvalue weighted by Crippen LogP contribution is 2.33. The highest BCUT2D eigenvalue weighted by Gasteiger charge is 2.35. The number of aromatic nitrogens is 2. The molecule has 1 fully saturated rings. The highest BCUT2D eigenvalue weighted by atomic mass is 32.2. The molecule has 0 bridgehead atoms. The Labute approximate surface area is 162 Å². The third kappa shape index (κ3) is 3.58. The van der Waals surface area contributed by atoms with Crippen LogP contribution in [0.5, 0.6) is 17.4 Å². The Morgan fingerprint density at radius 1 is 1.18 bits per heavy atom. The lowest BCUT2D eigenvalue weighted by molar-refractivity contribution is 0.205. The van der Waals surface area contributed by atoms with Crippen LogP contribution < -0.4 is 14.2 Å². The van der Waals surface area contributed by atoms with Gasteiger partial charge in [-0.1, -0.05) is 0 Å². The van der Waals surface area contributed by atoms with E-state index in [0.29, 0.717) is 37.7 Å². The summed E-state index contributed by atoms with van der Waals surface area (Å²) in [6.45, 7) is 1.49. The van der Waals surface area contributed by atoms with Crippen molar-refractivity contribution in [2.24, 2.45) is 0 Å². The molecule has 1 atom stereocenters. The molecule has 1 aromatic heterocycles. The zero-order valence-corrected chi connectivity index (χ0v) is 15.8. The Morgan fingerprint density at radius 2 is 1.96 bits per heavy atom. The molecule has 3 heterocycles. The fourth-order valence-electron chi connectivity index (χ4n) is 3.11. The number of fused-ring (bicyclic) bond motifs is 1. The molecule has 0 saturated carbocycles. The van der Waals surface area contributed by atoms with E-state index in [4.69, 9.17) is 19.5 Å². The molecule has 0 N–H and O–H groups in total. The summed E-state index contributed by atoms with van der Waals surface area (Å²) in [4.78, 5) is 8.05. The van der Waals surface area contributed by atoms with Crippen molar-refractivity contribution in [1.29, 1.82) is 5.26 Å². The van der Waals surface area contributed by atoms with Gasteiger partial charge >= 0.3 is 0 Å². The van der Waals surface area contributed by atoms with Gasteiger partial charge in [0.2, 0.25) is 15.7 Å². The third-order valence-corrected chi connectivity index (χ3v) is 6.37.